The summed E-state index contributed by atoms with van der Waals surface area (Å²) >= 11 is 0. The minimum atomic E-state index is -0.245. The summed E-state index contributed by atoms with van der Waals surface area (Å²) in [6.45, 7) is 2.47. The van der Waals surface area contributed by atoms with Crippen LogP contribution in [-0.4, -0.2) is 19.6 Å². The van der Waals surface area contributed by atoms with Crippen LogP contribution < -0.4 is 5.32 Å². The van der Waals surface area contributed by atoms with Crippen molar-refractivity contribution in [2.24, 2.45) is 0 Å². The van der Waals surface area contributed by atoms with Crippen molar-refractivity contribution in [2.75, 3.05) is 19.0 Å². The van der Waals surface area contributed by atoms with Gasteiger partial charge in [0.1, 0.15) is 0 Å². The molecule has 3 heteroatoms. The van der Waals surface area contributed by atoms with Crippen LogP contribution in [0.1, 0.15) is 12.5 Å². The van der Waals surface area contributed by atoms with Crippen LogP contribution in [0.15, 0.2) is 24.3 Å². The number of carbonyl (C=O) groups is 1. The predicted molar refractivity (Wildman–Crippen MR) is 56.3 cm³/mol. The molecule has 1 aromatic carbocycles. The zero-order valence-corrected chi connectivity index (χ0v) is 8.54. The number of para-hydroxylation sites is 1. The van der Waals surface area contributed by atoms with Gasteiger partial charge in [0.05, 0.1) is 7.11 Å². The van der Waals surface area contributed by atoms with Gasteiger partial charge >= 0.3 is 5.97 Å². The lowest BCUT2D eigenvalue weighted by atomic mass is 10.2. The molecule has 1 aliphatic heterocycles. The fourth-order valence-electron chi connectivity index (χ4n) is 1.24. The number of esters is 1. The molecule has 0 fully saturated rings. The minimum Gasteiger partial charge on any atom is -0.469 e. The Labute approximate surface area is 84.1 Å². The molecule has 0 saturated heterocycles. The second-order valence-corrected chi connectivity index (χ2v) is 3.03. The molecule has 14 heavy (non-hydrogen) atoms. The quantitative estimate of drug-likeness (QED) is 0.639. The van der Waals surface area contributed by atoms with E-state index < -0.39 is 0 Å². The maximum atomic E-state index is 9.59. The second-order valence-electron chi connectivity index (χ2n) is 3.03. The minimum absolute atomic E-state index is 0.245. The third-order valence-corrected chi connectivity index (χ3v) is 2.01. The van der Waals surface area contributed by atoms with Crippen molar-refractivity contribution < 1.29 is 9.53 Å². The third kappa shape index (κ3) is 3.09. The molecule has 0 unspecified atom stereocenters. The molecular weight excluding hydrogens is 178 g/mol. The van der Waals surface area contributed by atoms with Crippen molar-refractivity contribution in [2.45, 2.75) is 13.3 Å². The molecule has 0 bridgehead atoms. The third-order valence-electron chi connectivity index (χ3n) is 2.01. The Morgan fingerprint density at radius 1 is 1.43 bits per heavy atom. The Morgan fingerprint density at radius 2 is 2.07 bits per heavy atom. The first-order valence-electron chi connectivity index (χ1n) is 4.60. The SMILES string of the molecule is COC(C)=O.c1ccc2c(c1)CCN2. The maximum absolute atomic E-state index is 9.59. The second kappa shape index (κ2) is 5.27. The number of nitrogens with one attached hydrogen (secondary N) is 1. The van der Waals surface area contributed by atoms with Crippen molar-refractivity contribution in [1.82, 2.24) is 0 Å². The molecule has 0 radical (unpaired) electrons. The van der Waals surface area contributed by atoms with Gasteiger partial charge in [-0.05, 0) is 18.1 Å². The van der Waals surface area contributed by atoms with Crippen LogP contribution in [0.3, 0.4) is 0 Å². The Balaban J connectivity index is 0.000000171. The van der Waals surface area contributed by atoms with Crippen molar-refractivity contribution in [3.8, 4) is 0 Å². The summed E-state index contributed by atoms with van der Waals surface area (Å²) in [4.78, 5) is 9.59. The van der Waals surface area contributed by atoms with Gasteiger partial charge in [-0.3, -0.25) is 4.79 Å². The van der Waals surface area contributed by atoms with Gasteiger partial charge in [0.15, 0.2) is 0 Å². The van der Waals surface area contributed by atoms with E-state index in [9.17, 15) is 4.79 Å². The lowest BCUT2D eigenvalue weighted by molar-refractivity contribution is -0.137. The molecule has 0 atom stereocenters. The molecule has 0 aromatic heterocycles. The highest BCUT2D eigenvalue weighted by Crippen LogP contribution is 2.19. The standard InChI is InChI=1S/C8H9N.C3H6O2/c1-2-4-8-7(3-1)5-6-9-8;1-3(4)5-2/h1-4,9H,5-6H2;1-2H3. The smallest absolute Gasteiger partial charge is 0.302 e. The number of rotatable bonds is 0. The van der Waals surface area contributed by atoms with Gasteiger partial charge in [-0.2, -0.15) is 0 Å². The molecule has 0 amide bonds. The number of carbonyl (C=O) groups excluding carboxylic acids is 1. The van der Waals surface area contributed by atoms with Crippen molar-refractivity contribution >= 4 is 11.7 Å². The van der Waals surface area contributed by atoms with E-state index in [-0.39, 0.29) is 5.97 Å². The van der Waals surface area contributed by atoms with Gasteiger partial charge in [0, 0.05) is 19.2 Å². The summed E-state index contributed by atoms with van der Waals surface area (Å²) in [6, 6.07) is 8.46. The Hall–Kier alpha value is -1.51. The van der Waals surface area contributed by atoms with Gasteiger partial charge in [-0.1, -0.05) is 18.2 Å². The first kappa shape index (κ1) is 10.6. The van der Waals surface area contributed by atoms with E-state index in [1.54, 1.807) is 0 Å². The molecular formula is C11H15NO2. The summed E-state index contributed by atoms with van der Waals surface area (Å²) in [6.07, 6.45) is 1.19. The summed E-state index contributed by atoms with van der Waals surface area (Å²) < 4.78 is 4.11. The molecule has 0 spiro atoms. The fourth-order valence-corrected chi connectivity index (χ4v) is 1.24. The zero-order valence-electron chi connectivity index (χ0n) is 8.54. The average Bonchev–Trinajstić information content (AvgIpc) is 2.66. The summed E-state index contributed by atoms with van der Waals surface area (Å²) in [5, 5.41) is 3.30. The largest absolute Gasteiger partial charge is 0.469 e. The molecule has 1 heterocycles. The topological polar surface area (TPSA) is 38.3 Å². The fraction of sp³-hybridized carbons (Fsp3) is 0.364. The van der Waals surface area contributed by atoms with Gasteiger partial charge in [0.25, 0.3) is 0 Å². The number of anilines is 1. The predicted octanol–water partition coefficient (Wildman–Crippen LogP) is 1.83. The van der Waals surface area contributed by atoms with E-state index in [4.69, 9.17) is 0 Å². The maximum Gasteiger partial charge on any atom is 0.302 e. The van der Waals surface area contributed by atoms with E-state index >= 15 is 0 Å². The van der Waals surface area contributed by atoms with Crippen LogP contribution in [0.4, 0.5) is 5.69 Å². The highest BCUT2D eigenvalue weighted by Gasteiger charge is 2.05. The Kier molecular flexibility index (Phi) is 3.98. The summed E-state index contributed by atoms with van der Waals surface area (Å²) in [5.74, 6) is -0.245. The van der Waals surface area contributed by atoms with Crippen LogP contribution >= 0.6 is 0 Å². The number of hydrogen-bond donors (Lipinski definition) is 1. The Bertz CT molecular complexity index is 287. The summed E-state index contributed by atoms with van der Waals surface area (Å²) in [5.41, 5.74) is 2.77. The Morgan fingerprint density at radius 3 is 2.64 bits per heavy atom. The summed E-state index contributed by atoms with van der Waals surface area (Å²) in [7, 11) is 1.35. The van der Waals surface area contributed by atoms with Gasteiger partial charge in [-0.15, -0.1) is 0 Å². The highest BCUT2D eigenvalue weighted by atomic mass is 16.5. The van der Waals surface area contributed by atoms with Crippen LogP contribution in [0.5, 0.6) is 0 Å². The van der Waals surface area contributed by atoms with Gasteiger partial charge in [-0.25, -0.2) is 0 Å². The van der Waals surface area contributed by atoms with Gasteiger partial charge < -0.3 is 10.1 Å². The number of benzene rings is 1. The van der Waals surface area contributed by atoms with Crippen LogP contribution in [-0.2, 0) is 16.0 Å². The molecule has 76 valence electrons. The molecule has 2 rings (SSSR count). The number of ether oxygens (including phenoxy) is 1. The molecule has 1 aliphatic rings. The number of methoxy groups -OCH3 is 1. The average molecular weight is 193 g/mol. The zero-order chi connectivity index (χ0) is 10.4. The number of fused-ring (bicyclic) bond motifs is 1. The van der Waals surface area contributed by atoms with Crippen molar-refractivity contribution in [3.05, 3.63) is 29.8 Å². The van der Waals surface area contributed by atoms with E-state index in [2.05, 4.69) is 34.3 Å². The lowest BCUT2D eigenvalue weighted by Crippen LogP contribution is -1.90. The lowest BCUT2D eigenvalue weighted by Gasteiger charge is -1.94. The molecule has 1 aromatic rings. The molecule has 0 saturated carbocycles. The monoisotopic (exact) mass is 193 g/mol. The van der Waals surface area contributed by atoms with Gasteiger partial charge in [0.2, 0.25) is 0 Å². The van der Waals surface area contributed by atoms with E-state index in [0.29, 0.717) is 0 Å². The number of hydrogen-bond acceptors (Lipinski definition) is 3. The first-order chi connectivity index (χ1) is 6.74. The van der Waals surface area contributed by atoms with E-state index in [0.717, 1.165) is 6.54 Å². The molecule has 1 N–H and O–H groups in total. The molecule has 3 nitrogen and oxygen atoms in total. The first-order valence-corrected chi connectivity index (χ1v) is 4.60. The van der Waals surface area contributed by atoms with Crippen molar-refractivity contribution in [1.29, 1.82) is 0 Å². The normalized spacial score (nSPS) is 11.9. The van der Waals surface area contributed by atoms with Crippen LogP contribution in [0.25, 0.3) is 0 Å². The van der Waals surface area contributed by atoms with E-state index in [1.165, 1.54) is 31.7 Å². The molecule has 0 aliphatic carbocycles. The van der Waals surface area contributed by atoms with E-state index in [1.807, 2.05) is 0 Å². The van der Waals surface area contributed by atoms with Crippen molar-refractivity contribution in [3.63, 3.8) is 0 Å². The van der Waals surface area contributed by atoms with Crippen LogP contribution in [0.2, 0.25) is 0 Å². The highest BCUT2D eigenvalue weighted by molar-refractivity contribution is 5.65. The van der Waals surface area contributed by atoms with Crippen LogP contribution in [0, 0.1) is 0 Å².